The summed E-state index contributed by atoms with van der Waals surface area (Å²) in [6.07, 6.45) is -1.90. The Hall–Kier alpha value is -3.04. The summed E-state index contributed by atoms with van der Waals surface area (Å²) < 4.78 is 10.6. The van der Waals surface area contributed by atoms with Crippen LogP contribution >= 0.6 is 11.6 Å². The van der Waals surface area contributed by atoms with Crippen LogP contribution in [0.15, 0.2) is 48.5 Å². The van der Waals surface area contributed by atoms with Gasteiger partial charge in [-0.1, -0.05) is 11.6 Å². The molecule has 1 amide bonds. The van der Waals surface area contributed by atoms with Gasteiger partial charge in [0.05, 0.1) is 11.6 Å². The van der Waals surface area contributed by atoms with Gasteiger partial charge in [-0.25, -0.2) is 4.79 Å². The molecule has 134 valence electrons. The molecule has 0 aromatic heterocycles. The number of nitriles is 1. The fraction of sp³-hybridized carbons (Fsp3) is 0.211. The molecule has 0 aliphatic heterocycles. The van der Waals surface area contributed by atoms with Crippen molar-refractivity contribution >= 4 is 29.2 Å². The van der Waals surface area contributed by atoms with Crippen molar-refractivity contribution in [2.45, 2.75) is 26.1 Å². The van der Waals surface area contributed by atoms with Gasteiger partial charge in [0, 0.05) is 10.7 Å². The number of ether oxygens (including phenoxy) is 2. The highest BCUT2D eigenvalue weighted by Crippen LogP contribution is 2.16. The second-order valence-electron chi connectivity index (χ2n) is 5.47. The molecule has 2 aromatic rings. The first kappa shape index (κ1) is 19.3. The Balaban J connectivity index is 1.87. The van der Waals surface area contributed by atoms with Crippen molar-refractivity contribution in [3.05, 3.63) is 59.1 Å². The van der Waals surface area contributed by atoms with Crippen molar-refractivity contribution in [2.24, 2.45) is 0 Å². The summed E-state index contributed by atoms with van der Waals surface area (Å²) in [4.78, 5) is 24.2. The summed E-state index contributed by atoms with van der Waals surface area (Å²) in [5.41, 5.74) is 1.03. The molecule has 7 heteroatoms. The number of rotatable bonds is 6. The lowest BCUT2D eigenvalue weighted by Gasteiger charge is -2.18. The molecule has 0 unspecified atom stereocenters. The first-order valence-electron chi connectivity index (χ1n) is 7.83. The number of nitrogens with one attached hydrogen (secondary N) is 1. The maximum atomic E-state index is 12.1. The zero-order valence-corrected chi connectivity index (χ0v) is 15.0. The van der Waals surface area contributed by atoms with Crippen molar-refractivity contribution < 1.29 is 19.1 Å². The topological polar surface area (TPSA) is 88.4 Å². The SMILES string of the molecule is C[C@@H](OC(=O)[C@@H](C)Oc1ccc(C#N)cc1)C(=O)Nc1ccc(Cl)cc1. The molecule has 6 nitrogen and oxygen atoms in total. The molecule has 0 saturated heterocycles. The van der Waals surface area contributed by atoms with Gasteiger partial charge in [-0.15, -0.1) is 0 Å². The number of benzene rings is 2. The van der Waals surface area contributed by atoms with Crippen LogP contribution in [0.2, 0.25) is 5.02 Å². The molecule has 2 aromatic carbocycles. The minimum Gasteiger partial charge on any atom is -0.479 e. The van der Waals surface area contributed by atoms with Gasteiger partial charge in [0.15, 0.2) is 12.2 Å². The van der Waals surface area contributed by atoms with E-state index in [0.29, 0.717) is 22.0 Å². The predicted octanol–water partition coefficient (Wildman–Crippen LogP) is 3.55. The third-order valence-corrected chi connectivity index (χ3v) is 3.65. The molecule has 0 aliphatic rings. The molecule has 0 fully saturated rings. The van der Waals surface area contributed by atoms with Gasteiger partial charge >= 0.3 is 5.97 Å². The summed E-state index contributed by atoms with van der Waals surface area (Å²) in [5, 5.41) is 11.9. The van der Waals surface area contributed by atoms with Gasteiger partial charge in [-0.3, -0.25) is 4.79 Å². The van der Waals surface area contributed by atoms with E-state index in [1.165, 1.54) is 13.8 Å². The molecule has 0 radical (unpaired) electrons. The van der Waals surface area contributed by atoms with Crippen molar-refractivity contribution in [3.63, 3.8) is 0 Å². The molecular weight excluding hydrogens is 356 g/mol. The fourth-order valence-corrected chi connectivity index (χ4v) is 2.09. The Morgan fingerprint density at radius 1 is 1.04 bits per heavy atom. The maximum Gasteiger partial charge on any atom is 0.347 e. The largest absolute Gasteiger partial charge is 0.479 e. The molecule has 0 spiro atoms. The summed E-state index contributed by atoms with van der Waals surface area (Å²) in [7, 11) is 0. The Labute approximate surface area is 156 Å². The average molecular weight is 373 g/mol. The quantitative estimate of drug-likeness (QED) is 0.783. The Morgan fingerprint density at radius 3 is 2.23 bits per heavy atom. The molecular formula is C19H17ClN2O4. The number of anilines is 1. The molecule has 0 aliphatic carbocycles. The lowest BCUT2D eigenvalue weighted by Crippen LogP contribution is -2.35. The molecule has 0 heterocycles. The number of hydrogen-bond donors (Lipinski definition) is 1. The summed E-state index contributed by atoms with van der Waals surface area (Å²) in [5.74, 6) is -0.717. The summed E-state index contributed by atoms with van der Waals surface area (Å²) in [6.45, 7) is 2.99. The standard InChI is InChI=1S/C19H17ClN2O4/c1-12(18(23)22-16-7-5-15(20)6-8-16)26-19(24)13(2)25-17-9-3-14(11-21)4-10-17/h3-10,12-13H,1-2H3,(H,22,23)/t12-,13-/m1/s1. The Morgan fingerprint density at radius 2 is 1.65 bits per heavy atom. The first-order valence-corrected chi connectivity index (χ1v) is 8.20. The van der Waals surface area contributed by atoms with E-state index < -0.39 is 24.1 Å². The maximum absolute atomic E-state index is 12.1. The number of nitrogens with zero attached hydrogens (tertiary/aromatic N) is 1. The van der Waals surface area contributed by atoms with E-state index in [2.05, 4.69) is 5.32 Å². The summed E-state index contributed by atoms with van der Waals surface area (Å²) >= 11 is 5.79. The van der Waals surface area contributed by atoms with Crippen LogP contribution in [0.5, 0.6) is 5.75 Å². The van der Waals surface area contributed by atoms with Gasteiger partial charge in [0.1, 0.15) is 5.75 Å². The normalized spacial score (nSPS) is 12.4. The Bertz CT molecular complexity index is 813. The van der Waals surface area contributed by atoms with Crippen LogP contribution in [0.1, 0.15) is 19.4 Å². The molecule has 0 saturated carbocycles. The van der Waals surface area contributed by atoms with E-state index >= 15 is 0 Å². The van der Waals surface area contributed by atoms with Crippen molar-refractivity contribution in [3.8, 4) is 11.8 Å². The first-order chi connectivity index (χ1) is 12.4. The number of carbonyl (C=O) groups is 2. The van der Waals surface area contributed by atoms with Crippen LogP contribution in [-0.4, -0.2) is 24.1 Å². The van der Waals surface area contributed by atoms with Crippen molar-refractivity contribution in [2.75, 3.05) is 5.32 Å². The number of esters is 1. The van der Waals surface area contributed by atoms with Gasteiger partial charge in [-0.05, 0) is 62.4 Å². The third-order valence-electron chi connectivity index (χ3n) is 3.40. The van der Waals surface area contributed by atoms with E-state index in [4.69, 9.17) is 26.3 Å². The molecule has 2 rings (SSSR count). The third kappa shape index (κ3) is 5.50. The van der Waals surface area contributed by atoms with E-state index in [1.54, 1.807) is 48.5 Å². The van der Waals surface area contributed by atoms with E-state index in [0.717, 1.165) is 0 Å². The number of halogens is 1. The number of carbonyl (C=O) groups excluding carboxylic acids is 2. The van der Waals surface area contributed by atoms with Crippen LogP contribution in [-0.2, 0) is 14.3 Å². The lowest BCUT2D eigenvalue weighted by molar-refractivity contribution is -0.159. The second kappa shape index (κ2) is 8.88. The van der Waals surface area contributed by atoms with Crippen LogP contribution in [0, 0.1) is 11.3 Å². The highest BCUT2D eigenvalue weighted by molar-refractivity contribution is 6.30. The van der Waals surface area contributed by atoms with E-state index in [1.807, 2.05) is 6.07 Å². The van der Waals surface area contributed by atoms with E-state index in [-0.39, 0.29) is 0 Å². The van der Waals surface area contributed by atoms with Crippen LogP contribution in [0.3, 0.4) is 0 Å². The average Bonchev–Trinajstić information content (AvgIpc) is 2.64. The molecule has 2 atom stereocenters. The zero-order valence-electron chi connectivity index (χ0n) is 14.2. The lowest BCUT2D eigenvalue weighted by atomic mass is 10.2. The monoisotopic (exact) mass is 372 g/mol. The van der Waals surface area contributed by atoms with Crippen LogP contribution in [0.4, 0.5) is 5.69 Å². The second-order valence-corrected chi connectivity index (χ2v) is 5.91. The number of hydrogen-bond acceptors (Lipinski definition) is 5. The van der Waals surface area contributed by atoms with E-state index in [9.17, 15) is 9.59 Å². The smallest absolute Gasteiger partial charge is 0.347 e. The van der Waals surface area contributed by atoms with Crippen molar-refractivity contribution in [1.29, 1.82) is 5.26 Å². The van der Waals surface area contributed by atoms with Crippen molar-refractivity contribution in [1.82, 2.24) is 0 Å². The van der Waals surface area contributed by atoms with Gasteiger partial charge in [0.2, 0.25) is 0 Å². The Kier molecular flexibility index (Phi) is 6.59. The molecule has 1 N–H and O–H groups in total. The molecule has 26 heavy (non-hydrogen) atoms. The highest BCUT2D eigenvalue weighted by Gasteiger charge is 2.23. The fourth-order valence-electron chi connectivity index (χ4n) is 1.96. The van der Waals surface area contributed by atoms with Crippen LogP contribution < -0.4 is 10.1 Å². The zero-order chi connectivity index (χ0) is 19.1. The minimum absolute atomic E-state index is 0.423. The predicted molar refractivity (Wildman–Crippen MR) is 96.9 cm³/mol. The molecule has 0 bridgehead atoms. The minimum atomic E-state index is -0.995. The van der Waals surface area contributed by atoms with Gasteiger partial charge in [-0.2, -0.15) is 5.26 Å². The van der Waals surface area contributed by atoms with Crippen LogP contribution in [0.25, 0.3) is 0 Å². The van der Waals surface area contributed by atoms with Gasteiger partial charge in [0.25, 0.3) is 5.91 Å². The summed E-state index contributed by atoms with van der Waals surface area (Å²) in [6, 6.07) is 14.9. The van der Waals surface area contributed by atoms with Gasteiger partial charge < -0.3 is 14.8 Å². The number of amides is 1. The highest BCUT2D eigenvalue weighted by atomic mass is 35.5.